The molecule has 0 saturated heterocycles. The van der Waals surface area contributed by atoms with Gasteiger partial charge in [-0.15, -0.1) is 5.10 Å². The van der Waals surface area contributed by atoms with Crippen molar-refractivity contribution in [3.05, 3.63) is 18.1 Å². The van der Waals surface area contributed by atoms with Crippen LogP contribution in [0.4, 0.5) is 0 Å². The van der Waals surface area contributed by atoms with E-state index in [0.717, 1.165) is 11.5 Å². The second-order valence-electron chi connectivity index (χ2n) is 1.94. The predicted octanol–water partition coefficient (Wildman–Crippen LogP) is -0.172. The van der Waals surface area contributed by atoms with Crippen LogP contribution in [0.3, 0.4) is 0 Å². The number of hydrogen-bond acceptors (Lipinski definition) is 4. The molecule has 2 heterocycles. The summed E-state index contributed by atoms with van der Waals surface area (Å²) in [6, 6.07) is 1.76. The van der Waals surface area contributed by atoms with Crippen molar-refractivity contribution in [3.8, 4) is 0 Å². The van der Waals surface area contributed by atoms with Gasteiger partial charge in [0.15, 0.2) is 5.65 Å². The molecule has 0 radical (unpaired) electrons. The lowest BCUT2D eigenvalue weighted by Crippen LogP contribution is -1.95. The Hall–Kier alpha value is -1.52. The lowest BCUT2D eigenvalue weighted by Gasteiger charge is -1.90. The van der Waals surface area contributed by atoms with Crippen molar-refractivity contribution in [2.24, 2.45) is 0 Å². The molecule has 5 nitrogen and oxygen atoms in total. The summed E-state index contributed by atoms with van der Waals surface area (Å²) in [5.41, 5.74) is 0.729. The van der Waals surface area contributed by atoms with Gasteiger partial charge >= 0.3 is 0 Å². The minimum atomic E-state index is 0.729. The van der Waals surface area contributed by atoms with Crippen LogP contribution in [0.5, 0.6) is 0 Å². The number of tetrazole rings is 1. The number of hydrogen-bond donors (Lipinski definition) is 0. The Kier molecular flexibility index (Phi) is 0.913. The minimum absolute atomic E-state index is 0.729. The highest BCUT2D eigenvalue weighted by atomic mass is 15.5. The van der Waals surface area contributed by atoms with E-state index in [9.17, 15) is 0 Å². The maximum Gasteiger partial charge on any atom is 0.182 e. The molecule has 0 N–H and O–H groups in total. The number of aryl methyl sites for hydroxylation is 1. The van der Waals surface area contributed by atoms with E-state index < -0.39 is 0 Å². The molecule has 50 valence electrons. The first-order valence-electron chi connectivity index (χ1n) is 2.87. The minimum Gasteiger partial charge on any atom is -0.241 e. The zero-order valence-electron chi connectivity index (χ0n) is 5.39. The summed E-state index contributed by atoms with van der Waals surface area (Å²) in [7, 11) is 0. The van der Waals surface area contributed by atoms with Gasteiger partial charge < -0.3 is 0 Å². The SMILES string of the molecule is Cc1nccc2nnnn12. The number of aromatic nitrogens is 5. The van der Waals surface area contributed by atoms with Crippen molar-refractivity contribution >= 4 is 5.65 Å². The third-order valence-electron chi connectivity index (χ3n) is 1.29. The van der Waals surface area contributed by atoms with E-state index >= 15 is 0 Å². The number of rotatable bonds is 0. The summed E-state index contributed by atoms with van der Waals surface area (Å²) in [4.78, 5) is 4.00. The van der Waals surface area contributed by atoms with Gasteiger partial charge in [-0.1, -0.05) is 0 Å². The van der Waals surface area contributed by atoms with Crippen molar-refractivity contribution in [2.45, 2.75) is 6.92 Å². The maximum atomic E-state index is 4.00. The van der Waals surface area contributed by atoms with Crippen molar-refractivity contribution < 1.29 is 0 Å². The van der Waals surface area contributed by atoms with Gasteiger partial charge in [0.05, 0.1) is 0 Å². The zero-order valence-corrected chi connectivity index (χ0v) is 5.39. The molecule has 0 aliphatic heterocycles. The Balaban J connectivity index is 2.95. The van der Waals surface area contributed by atoms with Crippen LogP contribution in [0.15, 0.2) is 12.3 Å². The van der Waals surface area contributed by atoms with Gasteiger partial charge in [0.25, 0.3) is 0 Å². The molecule has 2 rings (SSSR count). The van der Waals surface area contributed by atoms with Gasteiger partial charge in [0, 0.05) is 12.3 Å². The largest absolute Gasteiger partial charge is 0.241 e. The van der Waals surface area contributed by atoms with E-state index in [2.05, 4.69) is 20.5 Å². The third kappa shape index (κ3) is 0.570. The third-order valence-corrected chi connectivity index (χ3v) is 1.29. The number of nitrogens with zero attached hydrogens (tertiary/aromatic N) is 5. The van der Waals surface area contributed by atoms with E-state index in [-0.39, 0.29) is 0 Å². The molecule has 0 fully saturated rings. The first-order valence-corrected chi connectivity index (χ1v) is 2.87. The Morgan fingerprint density at radius 3 is 3.20 bits per heavy atom. The van der Waals surface area contributed by atoms with Crippen LogP contribution in [-0.2, 0) is 0 Å². The summed E-state index contributed by atoms with van der Waals surface area (Å²) >= 11 is 0. The zero-order chi connectivity index (χ0) is 6.97. The van der Waals surface area contributed by atoms with Crippen LogP contribution in [0.1, 0.15) is 5.82 Å². The van der Waals surface area contributed by atoms with Gasteiger partial charge in [-0.05, 0) is 17.4 Å². The summed E-state index contributed by atoms with van der Waals surface area (Å²) < 4.78 is 1.58. The van der Waals surface area contributed by atoms with Crippen molar-refractivity contribution in [1.29, 1.82) is 0 Å². The van der Waals surface area contributed by atoms with Crippen LogP contribution >= 0.6 is 0 Å². The maximum absolute atomic E-state index is 4.00. The van der Waals surface area contributed by atoms with Crippen LogP contribution in [0, 0.1) is 6.92 Å². The van der Waals surface area contributed by atoms with E-state index in [1.807, 2.05) is 6.92 Å². The molecule has 0 bridgehead atoms. The molecular formula is C5H5N5. The molecule has 0 saturated carbocycles. The predicted molar refractivity (Wildman–Crippen MR) is 33.3 cm³/mol. The van der Waals surface area contributed by atoms with Gasteiger partial charge in [0.2, 0.25) is 0 Å². The standard InChI is InChI=1S/C5H5N5/c1-4-6-3-2-5-7-8-9-10(4)5/h2-3H,1H3. The topological polar surface area (TPSA) is 56.0 Å². The van der Waals surface area contributed by atoms with E-state index in [0.29, 0.717) is 0 Å². The molecular weight excluding hydrogens is 130 g/mol. The second kappa shape index (κ2) is 1.73. The first-order chi connectivity index (χ1) is 4.88. The highest BCUT2D eigenvalue weighted by Crippen LogP contribution is 1.95. The van der Waals surface area contributed by atoms with Gasteiger partial charge in [-0.25, -0.2) is 4.98 Å². The Morgan fingerprint density at radius 2 is 2.40 bits per heavy atom. The van der Waals surface area contributed by atoms with E-state index in [1.165, 1.54) is 0 Å². The summed E-state index contributed by atoms with van der Waals surface area (Å²) in [6.45, 7) is 1.85. The molecule has 0 spiro atoms. The normalized spacial score (nSPS) is 10.5. The summed E-state index contributed by atoms with van der Waals surface area (Å²) in [5.74, 6) is 0.794. The lowest BCUT2D eigenvalue weighted by atomic mass is 10.6. The Bertz CT molecular complexity index is 352. The molecule has 2 aromatic rings. The number of fused-ring (bicyclic) bond motifs is 1. The molecule has 0 unspecified atom stereocenters. The van der Waals surface area contributed by atoms with Crippen LogP contribution in [0.25, 0.3) is 5.65 Å². The molecule has 10 heavy (non-hydrogen) atoms. The average Bonchev–Trinajstić information content (AvgIpc) is 2.36. The molecule has 0 aromatic carbocycles. The van der Waals surface area contributed by atoms with Gasteiger partial charge in [0.1, 0.15) is 5.82 Å². The van der Waals surface area contributed by atoms with Crippen molar-refractivity contribution in [1.82, 2.24) is 25.0 Å². The van der Waals surface area contributed by atoms with E-state index in [4.69, 9.17) is 0 Å². The summed E-state index contributed by atoms with van der Waals surface area (Å²) in [6.07, 6.45) is 1.68. The fourth-order valence-electron chi connectivity index (χ4n) is 0.795. The molecule has 0 amide bonds. The van der Waals surface area contributed by atoms with Crippen LogP contribution < -0.4 is 0 Å². The fraction of sp³-hybridized carbons (Fsp3) is 0.200. The molecule has 2 aromatic heterocycles. The Morgan fingerprint density at radius 1 is 1.50 bits per heavy atom. The first kappa shape index (κ1) is 5.28. The monoisotopic (exact) mass is 135 g/mol. The molecule has 0 aliphatic carbocycles. The average molecular weight is 135 g/mol. The highest BCUT2D eigenvalue weighted by molar-refractivity contribution is 5.32. The quantitative estimate of drug-likeness (QED) is 0.503. The van der Waals surface area contributed by atoms with Crippen molar-refractivity contribution in [2.75, 3.05) is 0 Å². The van der Waals surface area contributed by atoms with E-state index in [1.54, 1.807) is 16.8 Å². The smallest absolute Gasteiger partial charge is 0.182 e. The molecule has 0 atom stereocenters. The van der Waals surface area contributed by atoms with Crippen LogP contribution in [0.2, 0.25) is 0 Å². The van der Waals surface area contributed by atoms with Gasteiger partial charge in [-0.3, -0.25) is 0 Å². The summed E-state index contributed by atoms with van der Waals surface area (Å²) in [5, 5.41) is 10.9. The Labute approximate surface area is 56.7 Å². The second-order valence-corrected chi connectivity index (χ2v) is 1.94. The lowest BCUT2D eigenvalue weighted by molar-refractivity contribution is 0.781. The highest BCUT2D eigenvalue weighted by Gasteiger charge is 1.96. The molecule has 0 aliphatic rings. The van der Waals surface area contributed by atoms with Crippen molar-refractivity contribution in [3.63, 3.8) is 0 Å². The fourth-order valence-corrected chi connectivity index (χ4v) is 0.795. The van der Waals surface area contributed by atoms with Gasteiger partial charge in [-0.2, -0.15) is 4.52 Å². The van der Waals surface area contributed by atoms with Crippen LogP contribution in [-0.4, -0.2) is 25.0 Å². The molecule has 5 heteroatoms.